The van der Waals surface area contributed by atoms with Gasteiger partial charge in [-0.2, -0.15) is 0 Å². The minimum atomic E-state index is -0.184. The summed E-state index contributed by atoms with van der Waals surface area (Å²) in [5.41, 5.74) is 4.95. The largest absolute Gasteiger partial charge is 0.297 e. The van der Waals surface area contributed by atoms with Crippen LogP contribution < -0.4 is 0 Å². The molecule has 1 aliphatic heterocycles. The van der Waals surface area contributed by atoms with E-state index in [9.17, 15) is 4.39 Å². The number of aryl methyl sites for hydroxylation is 1. The van der Waals surface area contributed by atoms with E-state index in [2.05, 4.69) is 77.4 Å². The molecule has 0 bridgehead atoms. The molecule has 1 atom stereocenters. The van der Waals surface area contributed by atoms with Crippen LogP contribution in [0.5, 0.6) is 0 Å². The summed E-state index contributed by atoms with van der Waals surface area (Å²) in [5, 5.41) is 0. The maximum atomic E-state index is 13.5. The van der Waals surface area contributed by atoms with Crippen LogP contribution in [-0.2, 0) is 0 Å². The molecule has 0 radical (unpaired) electrons. The molecule has 3 aromatic carbocycles. The third-order valence-electron chi connectivity index (χ3n) is 5.82. The Kier molecular flexibility index (Phi) is 6.73. The third kappa shape index (κ3) is 5.24. The zero-order valence-corrected chi connectivity index (χ0v) is 17.5. The van der Waals surface area contributed by atoms with E-state index in [1.165, 1.54) is 16.7 Å². The quantitative estimate of drug-likeness (QED) is 0.535. The van der Waals surface area contributed by atoms with Crippen LogP contribution in [0, 0.1) is 12.7 Å². The van der Waals surface area contributed by atoms with Gasteiger partial charge in [0.1, 0.15) is 5.82 Å². The first-order valence-electron chi connectivity index (χ1n) is 10.7. The number of rotatable bonds is 6. The zero-order valence-electron chi connectivity index (χ0n) is 17.5. The smallest absolute Gasteiger partial charge is 0.123 e. The van der Waals surface area contributed by atoms with Crippen LogP contribution in [0.3, 0.4) is 0 Å². The minimum absolute atomic E-state index is 0.164. The molecule has 0 aliphatic carbocycles. The average Bonchev–Trinajstić information content (AvgIpc) is 2.78. The fourth-order valence-corrected chi connectivity index (χ4v) is 4.11. The molecular weight excluding hydrogens is 371 g/mol. The number of hydrogen-bond donors (Lipinski definition) is 0. The Hall–Kier alpha value is -2.75. The maximum absolute atomic E-state index is 13.5. The first-order valence-corrected chi connectivity index (χ1v) is 10.7. The van der Waals surface area contributed by atoms with E-state index in [-0.39, 0.29) is 11.9 Å². The molecule has 3 aromatic rings. The molecule has 0 aromatic heterocycles. The molecule has 1 fully saturated rings. The Labute approximate surface area is 179 Å². The lowest BCUT2D eigenvalue weighted by Crippen LogP contribution is -2.47. The van der Waals surface area contributed by atoms with E-state index >= 15 is 0 Å². The molecule has 1 saturated heterocycles. The van der Waals surface area contributed by atoms with E-state index in [0.717, 1.165) is 38.3 Å². The molecule has 30 heavy (non-hydrogen) atoms. The SMILES string of the molecule is Cc1ccc(/C=C/CN2CCN(C(c3ccccc3)c3ccc(F)cc3)CC2)cc1. The molecule has 1 unspecified atom stereocenters. The summed E-state index contributed by atoms with van der Waals surface area (Å²) < 4.78 is 13.5. The zero-order chi connectivity index (χ0) is 20.8. The van der Waals surface area contributed by atoms with Gasteiger partial charge in [-0.25, -0.2) is 4.39 Å². The van der Waals surface area contributed by atoms with Gasteiger partial charge < -0.3 is 0 Å². The highest BCUT2D eigenvalue weighted by Gasteiger charge is 2.26. The highest BCUT2D eigenvalue weighted by molar-refractivity contribution is 5.49. The highest BCUT2D eigenvalue weighted by Crippen LogP contribution is 2.29. The normalized spacial score (nSPS) is 16.7. The second-order valence-corrected chi connectivity index (χ2v) is 8.01. The summed E-state index contributed by atoms with van der Waals surface area (Å²) in [5.74, 6) is -0.184. The van der Waals surface area contributed by atoms with Crippen LogP contribution >= 0.6 is 0 Å². The van der Waals surface area contributed by atoms with Crippen molar-refractivity contribution in [3.63, 3.8) is 0 Å². The third-order valence-corrected chi connectivity index (χ3v) is 5.82. The first kappa shape index (κ1) is 20.5. The molecule has 1 heterocycles. The average molecular weight is 401 g/mol. The predicted octanol–water partition coefficient (Wildman–Crippen LogP) is 5.55. The number of hydrogen-bond acceptors (Lipinski definition) is 2. The summed E-state index contributed by atoms with van der Waals surface area (Å²) >= 11 is 0. The van der Waals surface area contributed by atoms with E-state index < -0.39 is 0 Å². The topological polar surface area (TPSA) is 6.48 Å². The first-order chi connectivity index (χ1) is 14.7. The Bertz CT molecular complexity index is 940. The van der Waals surface area contributed by atoms with E-state index in [1.807, 2.05) is 18.2 Å². The van der Waals surface area contributed by atoms with Gasteiger partial charge in [0.15, 0.2) is 0 Å². The second kappa shape index (κ2) is 9.84. The molecule has 0 amide bonds. The fourth-order valence-electron chi connectivity index (χ4n) is 4.11. The van der Waals surface area contributed by atoms with Gasteiger partial charge in [0.25, 0.3) is 0 Å². The molecule has 4 rings (SSSR count). The molecule has 0 N–H and O–H groups in total. The van der Waals surface area contributed by atoms with Crippen LogP contribution in [-0.4, -0.2) is 42.5 Å². The van der Waals surface area contributed by atoms with Crippen molar-refractivity contribution in [2.75, 3.05) is 32.7 Å². The van der Waals surface area contributed by atoms with Crippen molar-refractivity contribution in [3.8, 4) is 0 Å². The van der Waals surface area contributed by atoms with E-state index in [0.29, 0.717) is 0 Å². The Morgan fingerprint density at radius 3 is 2.10 bits per heavy atom. The van der Waals surface area contributed by atoms with Gasteiger partial charge in [-0.05, 0) is 35.7 Å². The number of piperazine rings is 1. The van der Waals surface area contributed by atoms with Crippen LogP contribution in [0.2, 0.25) is 0 Å². The van der Waals surface area contributed by atoms with Gasteiger partial charge in [-0.1, -0.05) is 84.4 Å². The Balaban J connectivity index is 1.40. The number of halogens is 1. The summed E-state index contributed by atoms with van der Waals surface area (Å²) in [7, 11) is 0. The van der Waals surface area contributed by atoms with E-state index in [1.54, 1.807) is 12.1 Å². The van der Waals surface area contributed by atoms with Crippen molar-refractivity contribution in [2.24, 2.45) is 0 Å². The number of benzene rings is 3. The van der Waals surface area contributed by atoms with Crippen molar-refractivity contribution in [1.82, 2.24) is 9.80 Å². The van der Waals surface area contributed by atoms with Crippen molar-refractivity contribution < 1.29 is 4.39 Å². The lowest BCUT2D eigenvalue weighted by atomic mass is 9.96. The van der Waals surface area contributed by atoms with Crippen molar-refractivity contribution in [3.05, 3.63) is 113 Å². The van der Waals surface area contributed by atoms with Gasteiger partial charge in [0.05, 0.1) is 6.04 Å². The fraction of sp³-hybridized carbons (Fsp3) is 0.259. The van der Waals surface area contributed by atoms with E-state index in [4.69, 9.17) is 0 Å². The Morgan fingerprint density at radius 2 is 1.43 bits per heavy atom. The van der Waals surface area contributed by atoms with Crippen LogP contribution in [0.15, 0.2) is 84.9 Å². The lowest BCUT2D eigenvalue weighted by Gasteiger charge is -2.39. The molecular formula is C27H29FN2. The molecule has 3 heteroatoms. The number of nitrogens with zero attached hydrogens (tertiary/aromatic N) is 2. The van der Waals surface area contributed by atoms with Gasteiger partial charge in [-0.3, -0.25) is 9.80 Å². The Morgan fingerprint density at radius 1 is 0.800 bits per heavy atom. The summed E-state index contributed by atoms with van der Waals surface area (Å²) in [6, 6.07) is 26.3. The van der Waals surface area contributed by atoms with Crippen LogP contribution in [0.4, 0.5) is 4.39 Å². The molecule has 2 nitrogen and oxygen atoms in total. The lowest BCUT2D eigenvalue weighted by molar-refractivity contribution is 0.118. The molecule has 154 valence electrons. The standard InChI is InChI=1S/C27H29FN2/c1-22-9-11-23(12-10-22)6-5-17-29-18-20-30(21-19-29)27(24-7-3-2-4-8-24)25-13-15-26(28)16-14-25/h2-16,27H,17-21H2,1H3/b6-5+. The van der Waals surface area contributed by atoms with Crippen LogP contribution in [0.1, 0.15) is 28.3 Å². The summed E-state index contributed by atoms with van der Waals surface area (Å²) in [6.45, 7) is 7.13. The van der Waals surface area contributed by atoms with Gasteiger partial charge in [0, 0.05) is 32.7 Å². The monoisotopic (exact) mass is 400 g/mol. The van der Waals surface area contributed by atoms with Gasteiger partial charge in [-0.15, -0.1) is 0 Å². The van der Waals surface area contributed by atoms with Crippen LogP contribution in [0.25, 0.3) is 6.08 Å². The van der Waals surface area contributed by atoms with Crippen molar-refractivity contribution in [1.29, 1.82) is 0 Å². The minimum Gasteiger partial charge on any atom is -0.297 e. The second-order valence-electron chi connectivity index (χ2n) is 8.01. The predicted molar refractivity (Wildman–Crippen MR) is 123 cm³/mol. The van der Waals surface area contributed by atoms with Gasteiger partial charge in [0.2, 0.25) is 0 Å². The molecule has 0 spiro atoms. The maximum Gasteiger partial charge on any atom is 0.123 e. The molecule has 1 aliphatic rings. The summed E-state index contributed by atoms with van der Waals surface area (Å²) in [6.07, 6.45) is 4.46. The van der Waals surface area contributed by atoms with Gasteiger partial charge >= 0.3 is 0 Å². The van der Waals surface area contributed by atoms with Crippen molar-refractivity contribution in [2.45, 2.75) is 13.0 Å². The molecule has 0 saturated carbocycles. The highest BCUT2D eigenvalue weighted by atomic mass is 19.1. The summed E-state index contributed by atoms with van der Waals surface area (Å²) in [4.78, 5) is 5.01. The van der Waals surface area contributed by atoms with Crippen molar-refractivity contribution >= 4 is 6.08 Å².